The van der Waals surface area contributed by atoms with E-state index in [-0.39, 0.29) is 29.5 Å². The number of aliphatic hydroxyl groups excluding tert-OH is 1. The number of aliphatic hydroxyl groups is 1. The summed E-state index contributed by atoms with van der Waals surface area (Å²) >= 11 is 0. The fourth-order valence-electron chi connectivity index (χ4n) is 7.02. The summed E-state index contributed by atoms with van der Waals surface area (Å²) < 4.78 is 5.68. The van der Waals surface area contributed by atoms with Gasteiger partial charge in [0.05, 0.1) is 18.8 Å². The van der Waals surface area contributed by atoms with Crippen molar-refractivity contribution in [2.45, 2.75) is 59.4 Å². The molecule has 1 amide bonds. The summed E-state index contributed by atoms with van der Waals surface area (Å²) in [5.41, 5.74) is 6.67. The fourth-order valence-corrected chi connectivity index (χ4v) is 7.02. The zero-order valence-electron chi connectivity index (χ0n) is 25.4. The number of amides is 1. The van der Waals surface area contributed by atoms with Gasteiger partial charge in [-0.25, -0.2) is 4.98 Å². The molecular formula is C32H38N8O3. The molecule has 0 aromatic carbocycles. The Labute approximate surface area is 250 Å². The molecule has 1 aliphatic carbocycles. The van der Waals surface area contributed by atoms with Crippen molar-refractivity contribution in [2.75, 3.05) is 30.4 Å². The van der Waals surface area contributed by atoms with Crippen LogP contribution in [0.4, 0.5) is 17.3 Å². The van der Waals surface area contributed by atoms with Crippen molar-refractivity contribution in [3.63, 3.8) is 0 Å². The number of nitrogens with zero attached hydrogens (tertiary/aromatic N) is 7. The molecule has 6 heterocycles. The second kappa shape index (κ2) is 9.92. The minimum Gasteiger partial charge on any atom is -0.392 e. The number of rotatable bonds is 5. The van der Waals surface area contributed by atoms with Gasteiger partial charge in [-0.3, -0.25) is 24.1 Å². The molecule has 4 aromatic rings. The summed E-state index contributed by atoms with van der Waals surface area (Å²) in [6.07, 6.45) is 5.33. The van der Waals surface area contributed by atoms with Gasteiger partial charge in [-0.05, 0) is 61.6 Å². The number of pyridine rings is 2. The third-order valence-electron chi connectivity index (χ3n) is 9.39. The highest BCUT2D eigenvalue weighted by atomic mass is 16.3. The highest BCUT2D eigenvalue weighted by Gasteiger charge is 2.37. The van der Waals surface area contributed by atoms with Crippen LogP contribution in [0.2, 0.25) is 0 Å². The van der Waals surface area contributed by atoms with E-state index in [1.807, 2.05) is 22.9 Å². The lowest BCUT2D eigenvalue weighted by Crippen LogP contribution is -2.41. The Morgan fingerprint density at radius 2 is 1.88 bits per heavy atom. The van der Waals surface area contributed by atoms with Crippen LogP contribution in [0, 0.1) is 5.41 Å². The van der Waals surface area contributed by atoms with Crippen molar-refractivity contribution >= 4 is 23.2 Å². The third kappa shape index (κ3) is 4.49. The molecule has 1 atom stereocenters. The molecule has 7 rings (SSSR count). The monoisotopic (exact) mass is 582 g/mol. The Bertz CT molecular complexity index is 1830. The van der Waals surface area contributed by atoms with Gasteiger partial charge in [0.1, 0.15) is 17.2 Å². The summed E-state index contributed by atoms with van der Waals surface area (Å²) in [5, 5.41) is 18.6. The van der Waals surface area contributed by atoms with Crippen molar-refractivity contribution in [1.82, 2.24) is 28.8 Å². The second-order valence-corrected chi connectivity index (χ2v) is 13.0. The van der Waals surface area contributed by atoms with Crippen LogP contribution < -0.4 is 15.8 Å². The first-order valence-corrected chi connectivity index (χ1v) is 14.9. The van der Waals surface area contributed by atoms with E-state index in [2.05, 4.69) is 47.6 Å². The molecule has 11 nitrogen and oxygen atoms in total. The quantitative estimate of drug-likeness (QED) is 0.371. The van der Waals surface area contributed by atoms with Gasteiger partial charge in [-0.2, -0.15) is 5.10 Å². The van der Waals surface area contributed by atoms with Crippen LogP contribution in [0.3, 0.4) is 0 Å². The molecule has 2 aliphatic heterocycles. The number of likely N-dealkylation sites (N-methyl/N-ethyl adjacent to an activating group) is 1. The number of anilines is 3. The van der Waals surface area contributed by atoms with Gasteiger partial charge < -0.3 is 19.6 Å². The SMILES string of the molecule is CC1c2cc(Nc3cc(-c4ccnc(N5CCn6c(cc7c6CC(C)(C)C7)C5=O)c4CO)cn(C)c3=O)nn2CCN1C. The summed E-state index contributed by atoms with van der Waals surface area (Å²) in [6, 6.07) is 7.86. The first kappa shape index (κ1) is 27.6. The molecule has 0 saturated carbocycles. The van der Waals surface area contributed by atoms with Crippen molar-refractivity contribution in [3.05, 3.63) is 75.2 Å². The van der Waals surface area contributed by atoms with E-state index in [4.69, 9.17) is 5.10 Å². The number of carbonyl (C=O) groups excluding carboxylic acids is 1. The Hall–Kier alpha value is -4.22. The Balaban J connectivity index is 1.23. The number of aromatic nitrogens is 5. The zero-order chi connectivity index (χ0) is 30.2. The molecule has 0 radical (unpaired) electrons. The van der Waals surface area contributed by atoms with E-state index in [9.17, 15) is 14.7 Å². The van der Waals surface area contributed by atoms with E-state index in [0.29, 0.717) is 47.2 Å². The van der Waals surface area contributed by atoms with Gasteiger partial charge in [0.2, 0.25) is 0 Å². The molecule has 11 heteroatoms. The molecule has 224 valence electrons. The summed E-state index contributed by atoms with van der Waals surface area (Å²) in [5.74, 6) is 0.951. The van der Waals surface area contributed by atoms with Crippen LogP contribution >= 0.6 is 0 Å². The molecular weight excluding hydrogens is 544 g/mol. The molecule has 0 spiro atoms. The number of carbonyl (C=O) groups is 1. The number of hydrogen-bond acceptors (Lipinski definition) is 7. The van der Waals surface area contributed by atoms with Gasteiger partial charge >= 0.3 is 0 Å². The smallest absolute Gasteiger partial charge is 0.276 e. The third-order valence-corrected chi connectivity index (χ3v) is 9.39. The number of fused-ring (bicyclic) bond motifs is 4. The normalized spacial score (nSPS) is 19.3. The van der Waals surface area contributed by atoms with Crippen LogP contribution in [0.1, 0.15) is 59.8 Å². The van der Waals surface area contributed by atoms with Crippen LogP contribution in [0.15, 0.2) is 41.5 Å². The summed E-state index contributed by atoms with van der Waals surface area (Å²) in [7, 11) is 3.80. The predicted molar refractivity (Wildman–Crippen MR) is 165 cm³/mol. The van der Waals surface area contributed by atoms with Crippen LogP contribution in [0.25, 0.3) is 11.1 Å². The van der Waals surface area contributed by atoms with E-state index < -0.39 is 0 Å². The van der Waals surface area contributed by atoms with E-state index in [1.54, 1.807) is 30.4 Å². The number of hydrogen-bond donors (Lipinski definition) is 2. The zero-order valence-corrected chi connectivity index (χ0v) is 25.4. The van der Waals surface area contributed by atoms with E-state index in [0.717, 1.165) is 37.2 Å². The number of nitrogens with one attached hydrogen (secondary N) is 1. The van der Waals surface area contributed by atoms with Gasteiger partial charge in [0.25, 0.3) is 11.5 Å². The molecule has 0 saturated heterocycles. The topological polar surface area (TPSA) is 113 Å². The van der Waals surface area contributed by atoms with Crippen LogP contribution in [-0.4, -0.2) is 59.9 Å². The van der Waals surface area contributed by atoms with Gasteiger partial charge in [-0.1, -0.05) is 13.8 Å². The Morgan fingerprint density at radius 1 is 1.07 bits per heavy atom. The lowest BCUT2D eigenvalue weighted by molar-refractivity contribution is 0.0962. The predicted octanol–water partition coefficient (Wildman–Crippen LogP) is 3.47. The van der Waals surface area contributed by atoms with Gasteiger partial charge in [0, 0.05) is 68.0 Å². The highest BCUT2D eigenvalue weighted by Crippen LogP contribution is 2.40. The largest absolute Gasteiger partial charge is 0.392 e. The first-order valence-electron chi connectivity index (χ1n) is 14.9. The van der Waals surface area contributed by atoms with Gasteiger partial charge in [-0.15, -0.1) is 0 Å². The van der Waals surface area contributed by atoms with Crippen LogP contribution in [0.5, 0.6) is 0 Å². The molecule has 0 bridgehead atoms. The molecule has 2 N–H and O–H groups in total. The maximum Gasteiger partial charge on any atom is 0.276 e. The molecule has 0 fully saturated rings. The maximum atomic E-state index is 13.8. The van der Waals surface area contributed by atoms with Gasteiger partial charge in [0.15, 0.2) is 5.82 Å². The Morgan fingerprint density at radius 3 is 2.67 bits per heavy atom. The second-order valence-electron chi connectivity index (χ2n) is 13.0. The Kier molecular flexibility index (Phi) is 6.37. The molecule has 4 aromatic heterocycles. The minimum absolute atomic E-state index is 0.107. The average molecular weight is 583 g/mol. The molecule has 1 unspecified atom stereocenters. The minimum atomic E-state index is -0.307. The lowest BCUT2D eigenvalue weighted by Gasteiger charge is -2.31. The molecule has 3 aliphatic rings. The van der Waals surface area contributed by atoms with E-state index in [1.165, 1.54) is 15.8 Å². The van der Waals surface area contributed by atoms with Crippen LogP contribution in [-0.2, 0) is 39.6 Å². The average Bonchev–Trinajstić information content (AvgIpc) is 3.63. The maximum absolute atomic E-state index is 13.8. The summed E-state index contributed by atoms with van der Waals surface area (Å²) in [4.78, 5) is 35.5. The van der Waals surface area contributed by atoms with Crippen molar-refractivity contribution in [1.29, 1.82) is 0 Å². The van der Waals surface area contributed by atoms with Crippen molar-refractivity contribution in [3.8, 4) is 11.1 Å². The standard InChI is InChI=1S/C32H38N8O3/c1-19-25-14-28(35-40(25)11-8-36(19)4)34-24-12-21(17-37(5)30(24)42)22-6-7-33-29(23(22)18-41)39-10-9-38-26(31(39)43)13-20-15-32(2,3)16-27(20)38/h6-7,12-14,17,19,41H,8-11,15-16,18H2,1-5H3,(H,34,35). The number of aryl methyl sites for hydroxylation is 1. The first-order chi connectivity index (χ1) is 20.5. The highest BCUT2D eigenvalue weighted by molar-refractivity contribution is 6.06. The summed E-state index contributed by atoms with van der Waals surface area (Å²) in [6.45, 7) is 9.22. The van der Waals surface area contributed by atoms with E-state index >= 15 is 0 Å². The fraction of sp³-hybridized carbons (Fsp3) is 0.438. The molecule has 43 heavy (non-hydrogen) atoms. The lowest BCUT2D eigenvalue weighted by atomic mass is 9.90. The van der Waals surface area contributed by atoms with Crippen molar-refractivity contribution < 1.29 is 9.90 Å². The van der Waals surface area contributed by atoms with Crippen molar-refractivity contribution in [2.24, 2.45) is 12.5 Å².